The molecule has 4 rings (SSSR count). The first-order chi connectivity index (χ1) is 15.6. The average Bonchev–Trinajstić information content (AvgIpc) is 3.31. The van der Waals surface area contributed by atoms with Gasteiger partial charge in [-0.1, -0.05) is 71.4 Å². The Morgan fingerprint density at radius 2 is 1.59 bits per heavy atom. The summed E-state index contributed by atoms with van der Waals surface area (Å²) in [4.78, 5) is 28.4. The van der Waals surface area contributed by atoms with Crippen molar-refractivity contribution < 1.29 is 18.8 Å². The number of carbonyl (C=O) groups excluding carboxylic acids is 2. The van der Waals surface area contributed by atoms with Gasteiger partial charge in [0.15, 0.2) is 6.61 Å². The summed E-state index contributed by atoms with van der Waals surface area (Å²) >= 11 is 6.10. The normalized spacial score (nSPS) is 10.5. The zero-order chi connectivity index (χ0) is 22.3. The summed E-state index contributed by atoms with van der Waals surface area (Å²) in [6, 6.07) is 24.0. The first-order valence-electron chi connectivity index (χ1n) is 9.77. The Morgan fingerprint density at radius 3 is 2.34 bits per heavy atom. The summed E-state index contributed by atoms with van der Waals surface area (Å²) in [5.74, 6) is -0.574. The third-order valence-corrected chi connectivity index (χ3v) is 4.91. The number of halogens is 1. The van der Waals surface area contributed by atoms with E-state index in [-0.39, 0.29) is 30.8 Å². The number of esters is 1. The summed E-state index contributed by atoms with van der Waals surface area (Å²) in [6.07, 6.45) is 0. The van der Waals surface area contributed by atoms with Gasteiger partial charge in [-0.3, -0.25) is 9.59 Å². The van der Waals surface area contributed by atoms with E-state index in [1.807, 2.05) is 42.5 Å². The molecular weight excluding hydrogens is 430 g/mol. The first kappa shape index (κ1) is 21.3. The number of nitrogens with one attached hydrogen (secondary N) is 1. The molecule has 3 aromatic carbocycles. The van der Waals surface area contributed by atoms with Crippen molar-refractivity contribution in [1.29, 1.82) is 0 Å². The molecule has 7 nitrogen and oxygen atoms in total. The highest BCUT2D eigenvalue weighted by molar-refractivity contribution is 6.33. The van der Waals surface area contributed by atoms with Gasteiger partial charge in [-0.15, -0.1) is 0 Å². The van der Waals surface area contributed by atoms with Crippen LogP contribution in [0.2, 0.25) is 5.02 Å². The molecule has 4 aromatic rings. The SMILES string of the molecule is O=C(CNC(=O)c1ccc(-c2ccccc2)cc1)OCc1noc(-c2ccccc2Cl)n1. The Labute approximate surface area is 189 Å². The van der Waals surface area contributed by atoms with Crippen LogP contribution in [0.5, 0.6) is 0 Å². The second-order valence-electron chi connectivity index (χ2n) is 6.78. The van der Waals surface area contributed by atoms with E-state index in [1.54, 1.807) is 36.4 Å². The molecule has 1 heterocycles. The van der Waals surface area contributed by atoms with Crippen molar-refractivity contribution in [2.45, 2.75) is 6.61 Å². The van der Waals surface area contributed by atoms with Crippen molar-refractivity contribution in [2.24, 2.45) is 0 Å². The number of hydrogen-bond donors (Lipinski definition) is 1. The van der Waals surface area contributed by atoms with E-state index in [4.69, 9.17) is 20.9 Å². The number of benzene rings is 3. The van der Waals surface area contributed by atoms with Gasteiger partial charge in [0, 0.05) is 5.56 Å². The van der Waals surface area contributed by atoms with Crippen LogP contribution in [-0.4, -0.2) is 28.6 Å². The smallest absolute Gasteiger partial charge is 0.325 e. The van der Waals surface area contributed by atoms with E-state index in [0.29, 0.717) is 16.1 Å². The molecule has 0 saturated heterocycles. The van der Waals surface area contributed by atoms with Crippen molar-refractivity contribution in [3.63, 3.8) is 0 Å². The van der Waals surface area contributed by atoms with Crippen LogP contribution in [0.25, 0.3) is 22.6 Å². The maximum atomic E-state index is 12.3. The van der Waals surface area contributed by atoms with Crippen LogP contribution in [0, 0.1) is 0 Å². The van der Waals surface area contributed by atoms with Gasteiger partial charge in [0.2, 0.25) is 5.82 Å². The van der Waals surface area contributed by atoms with Crippen LogP contribution in [0.4, 0.5) is 0 Å². The van der Waals surface area contributed by atoms with E-state index in [2.05, 4.69) is 15.5 Å². The molecule has 32 heavy (non-hydrogen) atoms. The lowest BCUT2D eigenvalue weighted by Crippen LogP contribution is -2.30. The molecular formula is C24H18ClN3O4. The van der Waals surface area contributed by atoms with Crippen LogP contribution >= 0.6 is 11.6 Å². The van der Waals surface area contributed by atoms with Gasteiger partial charge in [-0.25, -0.2) is 0 Å². The van der Waals surface area contributed by atoms with Gasteiger partial charge in [-0.05, 0) is 35.4 Å². The van der Waals surface area contributed by atoms with E-state index in [9.17, 15) is 9.59 Å². The molecule has 0 spiro atoms. The van der Waals surface area contributed by atoms with Crippen LogP contribution in [-0.2, 0) is 16.1 Å². The number of nitrogens with zero attached hydrogens (tertiary/aromatic N) is 2. The number of hydrogen-bond acceptors (Lipinski definition) is 6. The van der Waals surface area contributed by atoms with E-state index in [1.165, 1.54) is 0 Å². The number of amides is 1. The molecule has 0 saturated carbocycles. The van der Waals surface area contributed by atoms with Crippen molar-refractivity contribution in [1.82, 2.24) is 15.5 Å². The second kappa shape index (κ2) is 9.89. The van der Waals surface area contributed by atoms with Gasteiger partial charge in [0.25, 0.3) is 11.8 Å². The lowest BCUT2D eigenvalue weighted by Gasteiger charge is -2.06. The fourth-order valence-corrected chi connectivity index (χ4v) is 3.17. The summed E-state index contributed by atoms with van der Waals surface area (Å²) < 4.78 is 10.3. The molecule has 1 N–H and O–H groups in total. The standard InChI is InChI=1S/C24H18ClN3O4/c25-20-9-5-4-8-19(20)24-27-21(28-32-24)15-31-22(29)14-26-23(30)18-12-10-17(11-13-18)16-6-2-1-3-7-16/h1-13H,14-15H2,(H,26,30). The zero-order valence-electron chi connectivity index (χ0n) is 16.8. The van der Waals surface area contributed by atoms with Gasteiger partial charge < -0.3 is 14.6 Å². The third-order valence-electron chi connectivity index (χ3n) is 4.58. The van der Waals surface area contributed by atoms with E-state index >= 15 is 0 Å². The molecule has 1 aromatic heterocycles. The number of rotatable bonds is 7. The molecule has 0 fully saturated rings. The Balaban J connectivity index is 1.26. The van der Waals surface area contributed by atoms with Crippen LogP contribution in [0.1, 0.15) is 16.2 Å². The zero-order valence-corrected chi connectivity index (χ0v) is 17.6. The molecule has 0 radical (unpaired) electrons. The van der Waals surface area contributed by atoms with Crippen LogP contribution in [0.3, 0.4) is 0 Å². The molecule has 0 unspecified atom stereocenters. The van der Waals surface area contributed by atoms with Crippen LogP contribution < -0.4 is 5.32 Å². The fourth-order valence-electron chi connectivity index (χ4n) is 2.95. The molecule has 0 aliphatic rings. The highest BCUT2D eigenvalue weighted by Gasteiger charge is 2.14. The number of ether oxygens (including phenoxy) is 1. The fraction of sp³-hybridized carbons (Fsp3) is 0.0833. The van der Waals surface area contributed by atoms with Crippen molar-refractivity contribution >= 4 is 23.5 Å². The van der Waals surface area contributed by atoms with Gasteiger partial charge in [-0.2, -0.15) is 4.98 Å². The van der Waals surface area contributed by atoms with E-state index in [0.717, 1.165) is 11.1 Å². The first-order valence-corrected chi connectivity index (χ1v) is 10.1. The number of aromatic nitrogens is 2. The van der Waals surface area contributed by atoms with Crippen LogP contribution in [0.15, 0.2) is 83.4 Å². The minimum absolute atomic E-state index is 0.186. The summed E-state index contributed by atoms with van der Waals surface area (Å²) in [5, 5.41) is 6.78. The van der Waals surface area contributed by atoms with E-state index < -0.39 is 5.97 Å². The predicted molar refractivity (Wildman–Crippen MR) is 119 cm³/mol. The summed E-state index contributed by atoms with van der Waals surface area (Å²) in [5.41, 5.74) is 3.09. The lowest BCUT2D eigenvalue weighted by molar-refractivity contribution is -0.143. The Kier molecular flexibility index (Phi) is 6.57. The highest BCUT2D eigenvalue weighted by Crippen LogP contribution is 2.25. The van der Waals surface area contributed by atoms with Crippen molar-refractivity contribution in [2.75, 3.05) is 6.54 Å². The largest absolute Gasteiger partial charge is 0.456 e. The summed E-state index contributed by atoms with van der Waals surface area (Å²) in [7, 11) is 0. The molecule has 160 valence electrons. The van der Waals surface area contributed by atoms with Crippen molar-refractivity contribution in [3.8, 4) is 22.6 Å². The molecule has 1 amide bonds. The molecule has 0 aliphatic carbocycles. The Hall–Kier alpha value is -3.97. The minimum Gasteiger partial charge on any atom is -0.456 e. The molecule has 0 atom stereocenters. The van der Waals surface area contributed by atoms with Gasteiger partial charge in [0.05, 0.1) is 10.6 Å². The quantitative estimate of drug-likeness (QED) is 0.418. The molecule has 0 aliphatic heterocycles. The average molecular weight is 448 g/mol. The highest BCUT2D eigenvalue weighted by atomic mass is 35.5. The maximum absolute atomic E-state index is 12.3. The third kappa shape index (κ3) is 5.19. The lowest BCUT2D eigenvalue weighted by atomic mass is 10.0. The summed E-state index contributed by atoms with van der Waals surface area (Å²) in [6.45, 7) is -0.469. The predicted octanol–water partition coefficient (Wildman–Crippen LogP) is 4.53. The molecule has 8 heteroatoms. The Bertz CT molecular complexity index is 1220. The Morgan fingerprint density at radius 1 is 0.906 bits per heavy atom. The molecule has 0 bridgehead atoms. The second-order valence-corrected chi connectivity index (χ2v) is 7.19. The van der Waals surface area contributed by atoms with Crippen molar-refractivity contribution in [3.05, 3.63) is 95.3 Å². The minimum atomic E-state index is -0.622. The number of carbonyl (C=O) groups is 2. The van der Waals surface area contributed by atoms with Gasteiger partial charge >= 0.3 is 5.97 Å². The topological polar surface area (TPSA) is 94.3 Å². The monoisotopic (exact) mass is 447 g/mol. The maximum Gasteiger partial charge on any atom is 0.325 e. The van der Waals surface area contributed by atoms with Gasteiger partial charge in [0.1, 0.15) is 6.54 Å².